The van der Waals surface area contributed by atoms with E-state index in [9.17, 15) is 8.42 Å². The molecule has 0 radical (unpaired) electrons. The number of aromatic nitrogens is 1. The van der Waals surface area contributed by atoms with Crippen LogP contribution in [0.2, 0.25) is 0 Å². The second kappa shape index (κ2) is 5.34. The van der Waals surface area contributed by atoms with Crippen molar-refractivity contribution in [1.29, 1.82) is 0 Å². The third-order valence-corrected chi connectivity index (χ3v) is 5.38. The standard InChI is InChI=1S/C10H17BrN2O2S2/c1-7-9(11)16-8(13-7)5-12-10(2,3)6-17(4,14)15/h12H,5-6H2,1-4H3. The summed E-state index contributed by atoms with van der Waals surface area (Å²) >= 11 is 4.98. The summed E-state index contributed by atoms with van der Waals surface area (Å²) in [5.74, 6) is 0.117. The predicted octanol–water partition coefficient (Wildman–Crippen LogP) is 2.13. The summed E-state index contributed by atoms with van der Waals surface area (Å²) < 4.78 is 23.5. The minimum absolute atomic E-state index is 0.117. The summed E-state index contributed by atoms with van der Waals surface area (Å²) in [7, 11) is -2.98. The van der Waals surface area contributed by atoms with Gasteiger partial charge in [0.05, 0.1) is 15.2 Å². The molecule has 4 nitrogen and oxygen atoms in total. The summed E-state index contributed by atoms with van der Waals surface area (Å²) in [6, 6.07) is 0. The number of thiazole rings is 1. The van der Waals surface area contributed by atoms with Crippen molar-refractivity contribution in [1.82, 2.24) is 10.3 Å². The number of halogens is 1. The summed E-state index contributed by atoms with van der Waals surface area (Å²) in [6.07, 6.45) is 1.25. The highest BCUT2D eigenvalue weighted by Gasteiger charge is 2.23. The van der Waals surface area contributed by atoms with Crippen LogP contribution in [0, 0.1) is 6.92 Å². The van der Waals surface area contributed by atoms with Crippen molar-refractivity contribution >= 4 is 37.1 Å². The fourth-order valence-corrected chi connectivity index (χ4v) is 4.32. The number of hydrogen-bond acceptors (Lipinski definition) is 5. The number of rotatable bonds is 5. The molecule has 1 aromatic rings. The molecule has 1 rings (SSSR count). The third kappa shape index (κ3) is 5.46. The van der Waals surface area contributed by atoms with Crippen molar-refractivity contribution in [3.05, 3.63) is 14.5 Å². The number of aryl methyl sites for hydroxylation is 1. The molecular weight excluding hydrogens is 324 g/mol. The topological polar surface area (TPSA) is 59.1 Å². The lowest BCUT2D eigenvalue weighted by molar-refractivity contribution is 0.422. The molecule has 0 aliphatic carbocycles. The fraction of sp³-hybridized carbons (Fsp3) is 0.700. The zero-order valence-corrected chi connectivity index (χ0v) is 13.6. The second-order valence-corrected chi connectivity index (χ2v) is 9.32. The van der Waals surface area contributed by atoms with Crippen molar-refractivity contribution < 1.29 is 8.42 Å². The van der Waals surface area contributed by atoms with Crippen LogP contribution in [0.3, 0.4) is 0 Å². The first-order chi connectivity index (χ1) is 7.59. The average molecular weight is 341 g/mol. The van der Waals surface area contributed by atoms with E-state index in [4.69, 9.17) is 0 Å². The Hall–Kier alpha value is 0.0200. The molecule has 0 unspecified atom stereocenters. The molecule has 0 aliphatic rings. The maximum absolute atomic E-state index is 11.3. The zero-order valence-electron chi connectivity index (χ0n) is 10.4. The molecule has 0 aliphatic heterocycles. The van der Waals surface area contributed by atoms with Crippen LogP contribution in [-0.4, -0.2) is 30.9 Å². The van der Waals surface area contributed by atoms with Crippen LogP contribution in [-0.2, 0) is 16.4 Å². The predicted molar refractivity (Wildman–Crippen MR) is 75.2 cm³/mol. The fourth-order valence-electron chi connectivity index (χ4n) is 1.53. The SMILES string of the molecule is Cc1nc(CNC(C)(C)CS(C)(=O)=O)sc1Br. The van der Waals surface area contributed by atoms with Gasteiger partial charge in [0.25, 0.3) is 0 Å². The molecule has 0 saturated carbocycles. The summed E-state index contributed by atoms with van der Waals surface area (Å²) in [4.78, 5) is 4.37. The van der Waals surface area contributed by atoms with Crippen molar-refractivity contribution in [2.45, 2.75) is 32.9 Å². The maximum atomic E-state index is 11.3. The van der Waals surface area contributed by atoms with Gasteiger partial charge >= 0.3 is 0 Å². The highest BCUT2D eigenvalue weighted by Crippen LogP contribution is 2.24. The molecule has 0 saturated heterocycles. The van der Waals surface area contributed by atoms with Crippen LogP contribution in [0.25, 0.3) is 0 Å². The first kappa shape index (κ1) is 15.1. The molecule has 17 heavy (non-hydrogen) atoms. The Morgan fingerprint density at radius 3 is 2.47 bits per heavy atom. The minimum atomic E-state index is -2.98. The van der Waals surface area contributed by atoms with E-state index in [2.05, 4.69) is 26.2 Å². The molecule has 0 bridgehead atoms. The van der Waals surface area contributed by atoms with E-state index in [1.165, 1.54) is 6.26 Å². The lowest BCUT2D eigenvalue weighted by atomic mass is 10.1. The van der Waals surface area contributed by atoms with Crippen molar-refractivity contribution in [2.75, 3.05) is 12.0 Å². The van der Waals surface area contributed by atoms with Gasteiger partial charge in [-0.25, -0.2) is 13.4 Å². The number of nitrogens with zero attached hydrogens (tertiary/aromatic N) is 1. The van der Waals surface area contributed by atoms with Crippen LogP contribution in [0.1, 0.15) is 24.5 Å². The summed E-state index contributed by atoms with van der Waals surface area (Å²) in [5.41, 5.74) is 0.521. The average Bonchev–Trinajstić information content (AvgIpc) is 2.39. The summed E-state index contributed by atoms with van der Waals surface area (Å²) in [5, 5.41) is 4.17. The van der Waals surface area contributed by atoms with Gasteiger partial charge in [0.15, 0.2) is 0 Å². The molecule has 0 spiro atoms. The van der Waals surface area contributed by atoms with Gasteiger partial charge in [-0.15, -0.1) is 11.3 Å². The Balaban J connectivity index is 2.61. The molecular formula is C10H17BrN2O2S2. The second-order valence-electron chi connectivity index (χ2n) is 4.77. The summed E-state index contributed by atoms with van der Waals surface area (Å²) in [6.45, 7) is 6.28. The molecule has 0 amide bonds. The Kier molecular flexibility index (Phi) is 4.73. The molecule has 0 atom stereocenters. The largest absolute Gasteiger partial charge is 0.304 e. The van der Waals surface area contributed by atoms with Crippen LogP contribution in [0.5, 0.6) is 0 Å². The van der Waals surface area contributed by atoms with Gasteiger partial charge in [0, 0.05) is 18.3 Å². The van der Waals surface area contributed by atoms with Gasteiger partial charge < -0.3 is 5.32 Å². The van der Waals surface area contributed by atoms with E-state index in [-0.39, 0.29) is 5.75 Å². The Labute approximate surface area is 115 Å². The lowest BCUT2D eigenvalue weighted by Crippen LogP contribution is -2.44. The Morgan fingerprint density at radius 2 is 2.06 bits per heavy atom. The molecule has 1 aromatic heterocycles. The lowest BCUT2D eigenvalue weighted by Gasteiger charge is -2.24. The van der Waals surface area contributed by atoms with Crippen LogP contribution < -0.4 is 5.32 Å². The maximum Gasteiger partial charge on any atom is 0.149 e. The highest BCUT2D eigenvalue weighted by atomic mass is 79.9. The van der Waals surface area contributed by atoms with Gasteiger partial charge in [-0.05, 0) is 36.7 Å². The molecule has 98 valence electrons. The van der Waals surface area contributed by atoms with E-state index in [1.807, 2.05) is 20.8 Å². The van der Waals surface area contributed by atoms with Gasteiger partial charge in [-0.2, -0.15) is 0 Å². The Morgan fingerprint density at radius 1 is 1.47 bits per heavy atom. The van der Waals surface area contributed by atoms with Gasteiger partial charge in [0.1, 0.15) is 14.8 Å². The van der Waals surface area contributed by atoms with Gasteiger partial charge in [-0.1, -0.05) is 0 Å². The molecule has 0 fully saturated rings. The van der Waals surface area contributed by atoms with Gasteiger partial charge in [0.2, 0.25) is 0 Å². The molecule has 7 heteroatoms. The first-order valence-electron chi connectivity index (χ1n) is 5.14. The number of nitrogens with one attached hydrogen (secondary N) is 1. The minimum Gasteiger partial charge on any atom is -0.304 e. The van der Waals surface area contributed by atoms with E-state index >= 15 is 0 Å². The van der Waals surface area contributed by atoms with E-state index < -0.39 is 15.4 Å². The van der Waals surface area contributed by atoms with E-state index in [1.54, 1.807) is 11.3 Å². The van der Waals surface area contributed by atoms with Crippen LogP contribution in [0.4, 0.5) is 0 Å². The highest BCUT2D eigenvalue weighted by molar-refractivity contribution is 9.11. The number of hydrogen-bond donors (Lipinski definition) is 1. The molecule has 0 aromatic carbocycles. The van der Waals surface area contributed by atoms with Crippen LogP contribution in [0.15, 0.2) is 3.79 Å². The monoisotopic (exact) mass is 340 g/mol. The molecule has 1 heterocycles. The number of sulfone groups is 1. The molecule has 1 N–H and O–H groups in total. The van der Waals surface area contributed by atoms with Gasteiger partial charge in [-0.3, -0.25) is 0 Å². The zero-order chi connectivity index (χ0) is 13.3. The third-order valence-electron chi connectivity index (χ3n) is 2.13. The van der Waals surface area contributed by atoms with Crippen molar-refractivity contribution in [2.24, 2.45) is 0 Å². The van der Waals surface area contributed by atoms with Crippen LogP contribution >= 0.6 is 27.3 Å². The quantitative estimate of drug-likeness (QED) is 0.891. The first-order valence-corrected chi connectivity index (χ1v) is 8.81. The van der Waals surface area contributed by atoms with Crippen molar-refractivity contribution in [3.8, 4) is 0 Å². The van der Waals surface area contributed by atoms with E-state index in [0.29, 0.717) is 6.54 Å². The Bertz CT molecular complexity index is 475. The van der Waals surface area contributed by atoms with Crippen molar-refractivity contribution in [3.63, 3.8) is 0 Å². The van der Waals surface area contributed by atoms with E-state index in [0.717, 1.165) is 14.5 Å². The smallest absolute Gasteiger partial charge is 0.149 e. The normalized spacial score (nSPS) is 13.0.